The highest BCUT2D eigenvalue weighted by Gasteiger charge is 1.99. The summed E-state index contributed by atoms with van der Waals surface area (Å²) >= 11 is 0. The molecular formula is C13H17NO. The number of rotatable bonds is 3. The minimum atomic E-state index is 0.0399. The molecule has 0 heterocycles. The van der Waals surface area contributed by atoms with Gasteiger partial charge < -0.3 is 4.90 Å². The van der Waals surface area contributed by atoms with Crippen molar-refractivity contribution < 1.29 is 4.79 Å². The van der Waals surface area contributed by atoms with E-state index in [1.165, 1.54) is 5.56 Å². The van der Waals surface area contributed by atoms with Crippen LogP contribution in [0.3, 0.4) is 0 Å². The Morgan fingerprint density at radius 1 is 1.33 bits per heavy atom. The Balaban J connectivity index is 2.65. The molecule has 0 unspecified atom stereocenters. The summed E-state index contributed by atoms with van der Waals surface area (Å²) in [5, 5.41) is 0. The van der Waals surface area contributed by atoms with Crippen LogP contribution in [-0.4, -0.2) is 24.4 Å². The Kier molecular flexibility index (Phi) is 4.10. The normalized spacial score (nSPS) is 10.6. The highest BCUT2D eigenvalue weighted by Crippen LogP contribution is 2.05. The molecule has 0 atom stereocenters. The zero-order valence-corrected chi connectivity index (χ0v) is 9.53. The van der Waals surface area contributed by atoms with Crippen molar-refractivity contribution in [3.63, 3.8) is 0 Å². The van der Waals surface area contributed by atoms with Gasteiger partial charge in [0.1, 0.15) is 0 Å². The van der Waals surface area contributed by atoms with E-state index in [0.717, 1.165) is 12.1 Å². The SMILES string of the molecule is CCN(C)C(=O)/C=C/c1ccc(C)cc1. The summed E-state index contributed by atoms with van der Waals surface area (Å²) in [4.78, 5) is 13.1. The Morgan fingerprint density at radius 3 is 2.47 bits per heavy atom. The smallest absolute Gasteiger partial charge is 0.246 e. The number of hydrogen-bond acceptors (Lipinski definition) is 1. The van der Waals surface area contributed by atoms with Gasteiger partial charge in [-0.25, -0.2) is 0 Å². The van der Waals surface area contributed by atoms with Crippen LogP contribution in [-0.2, 0) is 4.79 Å². The van der Waals surface area contributed by atoms with E-state index in [0.29, 0.717) is 0 Å². The van der Waals surface area contributed by atoms with Crippen molar-refractivity contribution in [2.24, 2.45) is 0 Å². The summed E-state index contributed by atoms with van der Waals surface area (Å²) < 4.78 is 0. The molecule has 80 valence electrons. The number of aryl methyl sites for hydroxylation is 1. The fourth-order valence-electron chi connectivity index (χ4n) is 1.13. The molecule has 1 amide bonds. The van der Waals surface area contributed by atoms with Gasteiger partial charge in [-0.3, -0.25) is 4.79 Å². The molecule has 2 heteroatoms. The van der Waals surface area contributed by atoms with Gasteiger partial charge in [0.2, 0.25) is 5.91 Å². The quantitative estimate of drug-likeness (QED) is 0.691. The Bertz CT molecular complexity index is 351. The third-order valence-electron chi connectivity index (χ3n) is 2.35. The highest BCUT2D eigenvalue weighted by molar-refractivity contribution is 5.91. The van der Waals surface area contributed by atoms with E-state index in [2.05, 4.69) is 0 Å². The number of amides is 1. The Morgan fingerprint density at radius 2 is 1.93 bits per heavy atom. The molecule has 0 aliphatic heterocycles. The van der Waals surface area contributed by atoms with Crippen molar-refractivity contribution >= 4 is 12.0 Å². The summed E-state index contributed by atoms with van der Waals surface area (Å²) in [6, 6.07) is 8.08. The van der Waals surface area contributed by atoms with Crippen LogP contribution in [0.1, 0.15) is 18.1 Å². The molecule has 2 nitrogen and oxygen atoms in total. The molecule has 0 aliphatic carbocycles. The van der Waals surface area contributed by atoms with Crippen LogP contribution in [0.2, 0.25) is 0 Å². The molecule has 0 fully saturated rings. The van der Waals surface area contributed by atoms with Crippen LogP contribution < -0.4 is 0 Å². The standard InChI is InChI=1S/C13H17NO/c1-4-14(3)13(15)10-9-12-7-5-11(2)6-8-12/h5-10H,4H2,1-3H3/b10-9+. The molecule has 0 aliphatic rings. The molecule has 0 spiro atoms. The van der Waals surface area contributed by atoms with Crippen LogP contribution in [0, 0.1) is 6.92 Å². The topological polar surface area (TPSA) is 20.3 Å². The monoisotopic (exact) mass is 203 g/mol. The third-order valence-corrected chi connectivity index (χ3v) is 2.35. The second-order valence-corrected chi connectivity index (χ2v) is 3.60. The summed E-state index contributed by atoms with van der Waals surface area (Å²) in [7, 11) is 1.79. The van der Waals surface area contributed by atoms with Crippen LogP contribution in [0.4, 0.5) is 0 Å². The number of benzene rings is 1. The lowest BCUT2D eigenvalue weighted by Gasteiger charge is -2.10. The van der Waals surface area contributed by atoms with Gasteiger partial charge in [-0.05, 0) is 25.5 Å². The molecule has 0 aromatic heterocycles. The summed E-state index contributed by atoms with van der Waals surface area (Å²) in [6.07, 6.45) is 3.45. The first-order chi connectivity index (χ1) is 7.13. The molecule has 0 bridgehead atoms. The van der Waals surface area contributed by atoms with E-state index in [9.17, 15) is 4.79 Å². The zero-order valence-electron chi connectivity index (χ0n) is 9.53. The second kappa shape index (κ2) is 5.35. The maximum absolute atomic E-state index is 11.5. The third kappa shape index (κ3) is 3.58. The van der Waals surface area contributed by atoms with Crippen molar-refractivity contribution in [1.82, 2.24) is 4.90 Å². The maximum Gasteiger partial charge on any atom is 0.246 e. The molecule has 1 aromatic rings. The van der Waals surface area contributed by atoms with Gasteiger partial charge in [0.15, 0.2) is 0 Å². The lowest BCUT2D eigenvalue weighted by Crippen LogP contribution is -2.23. The fraction of sp³-hybridized carbons (Fsp3) is 0.308. The van der Waals surface area contributed by atoms with Crippen molar-refractivity contribution in [1.29, 1.82) is 0 Å². The van der Waals surface area contributed by atoms with E-state index in [4.69, 9.17) is 0 Å². The lowest BCUT2D eigenvalue weighted by molar-refractivity contribution is -0.124. The van der Waals surface area contributed by atoms with E-state index >= 15 is 0 Å². The second-order valence-electron chi connectivity index (χ2n) is 3.60. The van der Waals surface area contributed by atoms with E-state index in [-0.39, 0.29) is 5.91 Å². The first-order valence-corrected chi connectivity index (χ1v) is 5.13. The predicted octanol–water partition coefficient (Wildman–Crippen LogP) is 2.49. The van der Waals surface area contributed by atoms with Gasteiger partial charge in [0.05, 0.1) is 0 Å². The van der Waals surface area contributed by atoms with Crippen molar-refractivity contribution in [2.45, 2.75) is 13.8 Å². The lowest BCUT2D eigenvalue weighted by atomic mass is 10.1. The molecule has 15 heavy (non-hydrogen) atoms. The Labute approximate surface area is 91.2 Å². The molecule has 1 aromatic carbocycles. The number of likely N-dealkylation sites (N-methyl/N-ethyl adjacent to an activating group) is 1. The summed E-state index contributed by atoms with van der Waals surface area (Å²) in [6.45, 7) is 4.73. The van der Waals surface area contributed by atoms with Crippen molar-refractivity contribution in [3.8, 4) is 0 Å². The minimum Gasteiger partial charge on any atom is -0.343 e. The van der Waals surface area contributed by atoms with E-state index in [1.807, 2.05) is 44.2 Å². The van der Waals surface area contributed by atoms with Gasteiger partial charge >= 0.3 is 0 Å². The Hall–Kier alpha value is -1.57. The first kappa shape index (κ1) is 11.5. The van der Waals surface area contributed by atoms with Crippen molar-refractivity contribution in [3.05, 3.63) is 41.5 Å². The maximum atomic E-state index is 11.5. The number of carbonyl (C=O) groups excluding carboxylic acids is 1. The summed E-state index contributed by atoms with van der Waals surface area (Å²) in [5.74, 6) is 0.0399. The van der Waals surface area contributed by atoms with Crippen LogP contribution in [0.25, 0.3) is 6.08 Å². The van der Waals surface area contributed by atoms with E-state index < -0.39 is 0 Å². The van der Waals surface area contributed by atoms with E-state index in [1.54, 1.807) is 18.0 Å². The van der Waals surface area contributed by atoms with Crippen LogP contribution in [0.5, 0.6) is 0 Å². The fourth-order valence-corrected chi connectivity index (χ4v) is 1.13. The minimum absolute atomic E-state index is 0.0399. The van der Waals surface area contributed by atoms with Gasteiger partial charge in [-0.15, -0.1) is 0 Å². The zero-order chi connectivity index (χ0) is 11.3. The van der Waals surface area contributed by atoms with Gasteiger partial charge in [0, 0.05) is 19.7 Å². The summed E-state index contributed by atoms with van der Waals surface area (Å²) in [5.41, 5.74) is 2.28. The molecule has 0 saturated carbocycles. The predicted molar refractivity (Wildman–Crippen MR) is 63.5 cm³/mol. The average molecular weight is 203 g/mol. The molecular weight excluding hydrogens is 186 g/mol. The van der Waals surface area contributed by atoms with Gasteiger partial charge in [0.25, 0.3) is 0 Å². The number of nitrogens with zero attached hydrogens (tertiary/aromatic N) is 1. The highest BCUT2D eigenvalue weighted by atomic mass is 16.2. The van der Waals surface area contributed by atoms with Gasteiger partial charge in [-0.2, -0.15) is 0 Å². The van der Waals surface area contributed by atoms with Crippen molar-refractivity contribution in [2.75, 3.05) is 13.6 Å². The van der Waals surface area contributed by atoms with Gasteiger partial charge in [-0.1, -0.05) is 29.8 Å². The molecule has 0 N–H and O–H groups in total. The number of hydrogen-bond donors (Lipinski definition) is 0. The molecule has 0 radical (unpaired) electrons. The molecule has 1 rings (SSSR count). The largest absolute Gasteiger partial charge is 0.343 e. The average Bonchev–Trinajstić information content (AvgIpc) is 2.26. The first-order valence-electron chi connectivity index (χ1n) is 5.13. The van der Waals surface area contributed by atoms with Crippen LogP contribution in [0.15, 0.2) is 30.3 Å². The number of carbonyl (C=O) groups is 1. The molecule has 0 saturated heterocycles. The van der Waals surface area contributed by atoms with Crippen LogP contribution >= 0.6 is 0 Å².